The van der Waals surface area contributed by atoms with Crippen LogP contribution in [0.15, 0.2) is 66.4 Å². The lowest BCUT2D eigenvalue weighted by Crippen LogP contribution is -2.15. The summed E-state index contributed by atoms with van der Waals surface area (Å²) in [6, 6.07) is 14.2. The lowest BCUT2D eigenvalue weighted by molar-refractivity contribution is 0.104. The van der Waals surface area contributed by atoms with Crippen molar-refractivity contribution in [3.63, 3.8) is 0 Å². The molecule has 0 fully saturated rings. The van der Waals surface area contributed by atoms with Crippen LogP contribution in [0.25, 0.3) is 0 Å². The molecule has 0 amide bonds. The summed E-state index contributed by atoms with van der Waals surface area (Å²) in [5.74, 6) is 0.189. The van der Waals surface area contributed by atoms with Gasteiger partial charge in [-0.25, -0.2) is 9.37 Å². The maximum absolute atomic E-state index is 14.3. The molecule has 0 aliphatic heterocycles. The van der Waals surface area contributed by atoms with Gasteiger partial charge in [0.05, 0.1) is 6.20 Å². The lowest BCUT2D eigenvalue weighted by Gasteiger charge is -2.11. The van der Waals surface area contributed by atoms with Gasteiger partial charge in [0, 0.05) is 29.5 Å². The summed E-state index contributed by atoms with van der Waals surface area (Å²) in [6.07, 6.45) is 2.64. The van der Waals surface area contributed by atoms with E-state index >= 15 is 0 Å². The summed E-state index contributed by atoms with van der Waals surface area (Å²) in [5, 5.41) is 8.99. The van der Waals surface area contributed by atoms with Gasteiger partial charge in [-0.1, -0.05) is 23.8 Å². The number of rotatable bonds is 10. The SMILES string of the molecule is CNCCOc1cccc(Nc2ncc(F)c(Nc3cccc(C(=O)C=C(C)C)c3)n2)c1. The van der Waals surface area contributed by atoms with Crippen molar-refractivity contribution >= 4 is 28.9 Å². The maximum atomic E-state index is 14.3. The number of allylic oxidation sites excluding steroid dienone is 2. The Bertz CT molecular complexity index is 1110. The number of anilines is 4. The molecule has 0 radical (unpaired) electrons. The summed E-state index contributed by atoms with van der Waals surface area (Å²) in [6.45, 7) is 4.98. The molecule has 3 aromatic rings. The van der Waals surface area contributed by atoms with Crippen LogP contribution >= 0.6 is 0 Å². The van der Waals surface area contributed by atoms with Gasteiger partial charge in [0.15, 0.2) is 17.4 Å². The number of carbonyl (C=O) groups is 1. The number of carbonyl (C=O) groups excluding carboxylic acids is 1. The number of hydrogen-bond donors (Lipinski definition) is 3. The van der Waals surface area contributed by atoms with Crippen LogP contribution in [0.4, 0.5) is 27.5 Å². The minimum Gasteiger partial charge on any atom is -0.492 e. The molecule has 0 aliphatic carbocycles. The third kappa shape index (κ3) is 6.61. The maximum Gasteiger partial charge on any atom is 0.229 e. The number of aromatic nitrogens is 2. The fourth-order valence-electron chi connectivity index (χ4n) is 2.81. The van der Waals surface area contributed by atoms with Crippen LogP contribution in [0, 0.1) is 5.82 Å². The van der Waals surface area contributed by atoms with Gasteiger partial charge in [0.25, 0.3) is 0 Å². The number of ketones is 1. The van der Waals surface area contributed by atoms with Crippen LogP contribution in [-0.4, -0.2) is 36.0 Å². The highest BCUT2D eigenvalue weighted by Gasteiger charge is 2.10. The van der Waals surface area contributed by atoms with E-state index in [9.17, 15) is 9.18 Å². The lowest BCUT2D eigenvalue weighted by atomic mass is 10.1. The van der Waals surface area contributed by atoms with Gasteiger partial charge in [-0.15, -0.1) is 0 Å². The zero-order chi connectivity index (χ0) is 22.9. The van der Waals surface area contributed by atoms with Gasteiger partial charge in [0.2, 0.25) is 5.95 Å². The average Bonchev–Trinajstić information content (AvgIpc) is 2.76. The Kier molecular flexibility index (Phi) is 7.88. The molecule has 7 nitrogen and oxygen atoms in total. The van der Waals surface area contributed by atoms with E-state index < -0.39 is 5.82 Å². The predicted octanol–water partition coefficient (Wildman–Crippen LogP) is 4.85. The molecule has 3 N–H and O–H groups in total. The van der Waals surface area contributed by atoms with Crippen molar-refractivity contribution in [3.8, 4) is 5.75 Å². The molecule has 3 rings (SSSR count). The fourth-order valence-corrected chi connectivity index (χ4v) is 2.81. The summed E-state index contributed by atoms with van der Waals surface area (Å²) in [7, 11) is 1.86. The Morgan fingerprint density at radius 2 is 1.84 bits per heavy atom. The van der Waals surface area contributed by atoms with Crippen molar-refractivity contribution in [1.29, 1.82) is 0 Å². The van der Waals surface area contributed by atoms with E-state index in [4.69, 9.17) is 4.74 Å². The third-order valence-electron chi connectivity index (χ3n) is 4.28. The standard InChI is InChI=1S/C24H26FN5O2/c1-16(2)12-22(31)17-6-4-7-18(13-17)28-23-21(25)15-27-24(30-23)29-19-8-5-9-20(14-19)32-11-10-26-3/h4-9,12-15,26H,10-11H2,1-3H3,(H2,27,28,29,30). The van der Waals surface area contributed by atoms with Crippen LogP contribution in [0.2, 0.25) is 0 Å². The first kappa shape index (κ1) is 22.9. The fraction of sp³-hybridized carbons (Fsp3) is 0.208. The topological polar surface area (TPSA) is 88.2 Å². The molecule has 1 aromatic heterocycles. The first-order valence-electron chi connectivity index (χ1n) is 10.2. The van der Waals surface area contributed by atoms with Crippen LogP contribution in [-0.2, 0) is 0 Å². The van der Waals surface area contributed by atoms with E-state index in [1.165, 1.54) is 0 Å². The number of nitrogens with zero attached hydrogens (tertiary/aromatic N) is 2. The van der Waals surface area contributed by atoms with E-state index in [1.54, 1.807) is 30.3 Å². The minimum atomic E-state index is -0.610. The normalized spacial score (nSPS) is 10.4. The van der Waals surface area contributed by atoms with E-state index in [-0.39, 0.29) is 17.5 Å². The number of halogens is 1. The van der Waals surface area contributed by atoms with Crippen LogP contribution < -0.4 is 20.7 Å². The Morgan fingerprint density at radius 3 is 2.59 bits per heavy atom. The van der Waals surface area contributed by atoms with Crippen molar-refractivity contribution in [2.45, 2.75) is 13.8 Å². The second-order valence-electron chi connectivity index (χ2n) is 7.29. The van der Waals surface area contributed by atoms with E-state index in [0.29, 0.717) is 29.3 Å². The van der Waals surface area contributed by atoms with Gasteiger partial charge in [-0.05, 0) is 51.2 Å². The number of benzene rings is 2. The molecule has 2 aromatic carbocycles. The molecule has 0 bridgehead atoms. The molecular weight excluding hydrogens is 409 g/mol. The summed E-state index contributed by atoms with van der Waals surface area (Å²) in [5.41, 5.74) is 2.65. The van der Waals surface area contributed by atoms with Crippen molar-refractivity contribution in [2.75, 3.05) is 30.8 Å². The molecule has 0 aliphatic rings. The zero-order valence-corrected chi connectivity index (χ0v) is 18.3. The molecule has 1 heterocycles. The van der Waals surface area contributed by atoms with Gasteiger partial charge in [-0.3, -0.25) is 4.79 Å². The smallest absolute Gasteiger partial charge is 0.229 e. The van der Waals surface area contributed by atoms with E-state index in [1.807, 2.05) is 45.2 Å². The van der Waals surface area contributed by atoms with Crippen molar-refractivity contribution < 1.29 is 13.9 Å². The second kappa shape index (κ2) is 11.0. The quantitative estimate of drug-likeness (QED) is 0.238. The number of hydrogen-bond acceptors (Lipinski definition) is 7. The number of likely N-dealkylation sites (N-methyl/N-ethyl adjacent to an activating group) is 1. The Balaban J connectivity index is 1.75. The molecule has 0 saturated heterocycles. The highest BCUT2D eigenvalue weighted by atomic mass is 19.1. The zero-order valence-electron chi connectivity index (χ0n) is 18.3. The average molecular weight is 436 g/mol. The van der Waals surface area contributed by atoms with Crippen molar-refractivity contribution in [3.05, 3.63) is 77.8 Å². The molecule has 0 unspecified atom stereocenters. The Labute approximate surface area is 186 Å². The Morgan fingerprint density at radius 1 is 1.09 bits per heavy atom. The van der Waals surface area contributed by atoms with Crippen molar-refractivity contribution in [2.24, 2.45) is 0 Å². The first-order chi connectivity index (χ1) is 15.4. The van der Waals surface area contributed by atoms with Crippen molar-refractivity contribution in [1.82, 2.24) is 15.3 Å². The molecule has 0 spiro atoms. The molecule has 8 heteroatoms. The Hall–Kier alpha value is -3.78. The van der Waals surface area contributed by atoms with E-state index in [0.717, 1.165) is 18.3 Å². The summed E-state index contributed by atoms with van der Waals surface area (Å²) < 4.78 is 20.0. The van der Waals surface area contributed by atoms with Crippen LogP contribution in [0.5, 0.6) is 5.75 Å². The molecule has 32 heavy (non-hydrogen) atoms. The minimum absolute atomic E-state index is 0.00395. The highest BCUT2D eigenvalue weighted by Crippen LogP contribution is 2.23. The third-order valence-corrected chi connectivity index (χ3v) is 4.28. The van der Waals surface area contributed by atoms with Gasteiger partial charge in [-0.2, -0.15) is 4.98 Å². The van der Waals surface area contributed by atoms with Gasteiger partial charge >= 0.3 is 0 Å². The molecule has 0 saturated carbocycles. The van der Waals surface area contributed by atoms with Gasteiger partial charge < -0.3 is 20.7 Å². The summed E-state index contributed by atoms with van der Waals surface area (Å²) in [4.78, 5) is 20.5. The van der Waals surface area contributed by atoms with E-state index in [2.05, 4.69) is 25.9 Å². The highest BCUT2D eigenvalue weighted by molar-refractivity contribution is 6.05. The second-order valence-corrected chi connectivity index (χ2v) is 7.29. The molecule has 166 valence electrons. The molecule has 0 atom stereocenters. The molecular formula is C24H26FN5O2. The number of ether oxygens (including phenoxy) is 1. The monoisotopic (exact) mass is 435 g/mol. The summed E-state index contributed by atoms with van der Waals surface area (Å²) >= 11 is 0. The van der Waals surface area contributed by atoms with Gasteiger partial charge in [0.1, 0.15) is 12.4 Å². The largest absolute Gasteiger partial charge is 0.492 e. The predicted molar refractivity (Wildman–Crippen MR) is 125 cm³/mol. The van der Waals surface area contributed by atoms with Crippen LogP contribution in [0.1, 0.15) is 24.2 Å². The number of nitrogens with one attached hydrogen (secondary N) is 3. The first-order valence-corrected chi connectivity index (χ1v) is 10.2. The van der Waals surface area contributed by atoms with Crippen LogP contribution in [0.3, 0.4) is 0 Å².